The lowest BCUT2D eigenvalue weighted by atomic mass is 10.0. The van der Waals surface area contributed by atoms with E-state index in [1.807, 2.05) is 6.92 Å². The fourth-order valence-corrected chi connectivity index (χ4v) is 1.34. The maximum absolute atomic E-state index is 13.3. The van der Waals surface area contributed by atoms with Gasteiger partial charge < -0.3 is 5.11 Å². The molecule has 2 heteroatoms. The van der Waals surface area contributed by atoms with Gasteiger partial charge in [-0.1, -0.05) is 17.7 Å². The van der Waals surface area contributed by atoms with Crippen LogP contribution in [-0.2, 0) is 6.42 Å². The highest BCUT2D eigenvalue weighted by atomic mass is 19.1. The molecule has 1 rings (SSSR count). The van der Waals surface area contributed by atoms with Gasteiger partial charge in [-0.2, -0.15) is 0 Å². The average molecular weight is 168 g/mol. The summed E-state index contributed by atoms with van der Waals surface area (Å²) in [4.78, 5) is 0. The molecule has 0 amide bonds. The van der Waals surface area contributed by atoms with Crippen LogP contribution in [0.15, 0.2) is 12.1 Å². The summed E-state index contributed by atoms with van der Waals surface area (Å²) in [5, 5.41) is 8.66. The van der Waals surface area contributed by atoms with Crippen LogP contribution in [-0.4, -0.2) is 11.7 Å². The molecule has 0 heterocycles. The first-order valence-corrected chi connectivity index (χ1v) is 4.01. The Morgan fingerprint density at radius 3 is 2.58 bits per heavy atom. The molecule has 0 saturated heterocycles. The summed E-state index contributed by atoms with van der Waals surface area (Å²) < 4.78 is 13.3. The molecule has 0 spiro atoms. The van der Waals surface area contributed by atoms with Gasteiger partial charge in [-0.3, -0.25) is 0 Å². The maximum atomic E-state index is 13.3. The van der Waals surface area contributed by atoms with Crippen molar-refractivity contribution < 1.29 is 9.50 Å². The highest BCUT2D eigenvalue weighted by Gasteiger charge is 2.04. The molecule has 0 unspecified atom stereocenters. The number of aliphatic hydroxyl groups excluding tert-OH is 1. The van der Waals surface area contributed by atoms with Gasteiger partial charge in [0.2, 0.25) is 0 Å². The van der Waals surface area contributed by atoms with Crippen LogP contribution in [0.4, 0.5) is 4.39 Å². The van der Waals surface area contributed by atoms with Crippen molar-refractivity contribution in [1.82, 2.24) is 0 Å². The van der Waals surface area contributed by atoms with E-state index in [4.69, 9.17) is 5.11 Å². The summed E-state index contributed by atoms with van der Waals surface area (Å²) >= 11 is 0. The normalized spacial score (nSPS) is 10.3. The third-order valence-corrected chi connectivity index (χ3v) is 1.86. The highest BCUT2D eigenvalue weighted by Crippen LogP contribution is 2.15. The summed E-state index contributed by atoms with van der Waals surface area (Å²) in [6.45, 7) is 3.66. The van der Waals surface area contributed by atoms with Crippen molar-refractivity contribution in [3.8, 4) is 0 Å². The maximum Gasteiger partial charge on any atom is 0.129 e. The van der Waals surface area contributed by atoms with Gasteiger partial charge in [0.05, 0.1) is 0 Å². The van der Waals surface area contributed by atoms with E-state index in [-0.39, 0.29) is 12.4 Å². The lowest BCUT2D eigenvalue weighted by Gasteiger charge is -2.05. The van der Waals surface area contributed by atoms with Gasteiger partial charge >= 0.3 is 0 Å². The quantitative estimate of drug-likeness (QED) is 0.715. The number of rotatable bonds is 2. The molecule has 1 N–H and O–H groups in total. The van der Waals surface area contributed by atoms with E-state index in [0.29, 0.717) is 17.5 Å². The molecule has 0 saturated carbocycles. The minimum atomic E-state index is -0.186. The van der Waals surface area contributed by atoms with Crippen molar-refractivity contribution in [3.63, 3.8) is 0 Å². The zero-order valence-corrected chi connectivity index (χ0v) is 7.39. The number of aryl methyl sites for hydroxylation is 2. The zero-order chi connectivity index (χ0) is 9.14. The lowest BCUT2D eigenvalue weighted by Crippen LogP contribution is -1.98. The minimum Gasteiger partial charge on any atom is -0.396 e. The molecular formula is C10H13FO. The molecule has 0 aliphatic heterocycles. The fourth-order valence-electron chi connectivity index (χ4n) is 1.34. The Morgan fingerprint density at radius 1 is 1.33 bits per heavy atom. The summed E-state index contributed by atoms with van der Waals surface area (Å²) in [5.74, 6) is -0.186. The van der Waals surface area contributed by atoms with Crippen molar-refractivity contribution in [2.75, 3.05) is 6.61 Å². The molecule has 1 nitrogen and oxygen atoms in total. The minimum absolute atomic E-state index is 0.000185. The smallest absolute Gasteiger partial charge is 0.129 e. The largest absolute Gasteiger partial charge is 0.396 e. The van der Waals surface area contributed by atoms with Gasteiger partial charge in [-0.15, -0.1) is 0 Å². The van der Waals surface area contributed by atoms with Gasteiger partial charge in [-0.25, -0.2) is 4.39 Å². The predicted molar refractivity (Wildman–Crippen MR) is 46.7 cm³/mol. The van der Waals surface area contributed by atoms with E-state index in [1.165, 1.54) is 0 Å². The average Bonchev–Trinajstić information content (AvgIpc) is 2.00. The third-order valence-electron chi connectivity index (χ3n) is 1.86. The molecule has 0 atom stereocenters. The lowest BCUT2D eigenvalue weighted by molar-refractivity contribution is 0.297. The number of benzene rings is 1. The van der Waals surface area contributed by atoms with E-state index in [0.717, 1.165) is 5.56 Å². The Kier molecular flexibility index (Phi) is 2.82. The monoisotopic (exact) mass is 168 g/mol. The molecule has 1 aromatic carbocycles. The highest BCUT2D eigenvalue weighted by molar-refractivity contribution is 5.30. The summed E-state index contributed by atoms with van der Waals surface area (Å²) in [6.07, 6.45) is 0.397. The van der Waals surface area contributed by atoms with Crippen LogP contribution in [0, 0.1) is 19.7 Å². The molecular weight excluding hydrogens is 155 g/mol. The molecule has 66 valence electrons. The number of halogens is 1. The molecule has 0 bridgehead atoms. The Balaban J connectivity index is 3.09. The molecule has 0 radical (unpaired) electrons. The molecule has 0 aliphatic carbocycles. The predicted octanol–water partition coefficient (Wildman–Crippen LogP) is 1.98. The number of aliphatic hydroxyl groups is 1. The Labute approximate surface area is 71.9 Å². The SMILES string of the molecule is Cc1cc(C)c(F)c(CCO)c1. The van der Waals surface area contributed by atoms with E-state index in [9.17, 15) is 4.39 Å². The van der Waals surface area contributed by atoms with Gasteiger partial charge in [0.15, 0.2) is 0 Å². The zero-order valence-electron chi connectivity index (χ0n) is 7.39. The van der Waals surface area contributed by atoms with Gasteiger partial charge in [0, 0.05) is 6.61 Å². The van der Waals surface area contributed by atoms with Crippen molar-refractivity contribution in [1.29, 1.82) is 0 Å². The molecule has 12 heavy (non-hydrogen) atoms. The summed E-state index contributed by atoms with van der Waals surface area (Å²) in [5.41, 5.74) is 2.30. The van der Waals surface area contributed by atoms with Crippen LogP contribution < -0.4 is 0 Å². The molecule has 0 aliphatic rings. The van der Waals surface area contributed by atoms with E-state index in [2.05, 4.69) is 0 Å². The standard InChI is InChI=1S/C10H13FO/c1-7-5-8(2)10(11)9(6-7)3-4-12/h5-6,12H,3-4H2,1-2H3. The van der Waals surface area contributed by atoms with Crippen LogP contribution in [0.2, 0.25) is 0 Å². The number of hydrogen-bond acceptors (Lipinski definition) is 1. The van der Waals surface area contributed by atoms with Crippen molar-refractivity contribution in [2.45, 2.75) is 20.3 Å². The molecule has 1 aromatic rings. The Bertz CT molecular complexity index is 281. The Hall–Kier alpha value is -0.890. The van der Waals surface area contributed by atoms with Crippen molar-refractivity contribution in [2.24, 2.45) is 0 Å². The second kappa shape index (κ2) is 3.68. The first-order chi connectivity index (χ1) is 5.65. The van der Waals surface area contributed by atoms with Gasteiger partial charge in [0.25, 0.3) is 0 Å². The number of hydrogen-bond donors (Lipinski definition) is 1. The van der Waals surface area contributed by atoms with Gasteiger partial charge in [-0.05, 0) is 31.4 Å². The summed E-state index contributed by atoms with van der Waals surface area (Å²) in [6, 6.07) is 3.58. The first-order valence-electron chi connectivity index (χ1n) is 4.01. The fraction of sp³-hybridized carbons (Fsp3) is 0.400. The second-order valence-electron chi connectivity index (χ2n) is 3.03. The van der Waals surface area contributed by atoms with Crippen LogP contribution in [0.25, 0.3) is 0 Å². The van der Waals surface area contributed by atoms with Crippen molar-refractivity contribution in [3.05, 3.63) is 34.6 Å². The van der Waals surface area contributed by atoms with Gasteiger partial charge in [0.1, 0.15) is 5.82 Å². The molecule has 0 fully saturated rings. The van der Waals surface area contributed by atoms with E-state index >= 15 is 0 Å². The Morgan fingerprint density at radius 2 is 2.00 bits per heavy atom. The molecule has 0 aromatic heterocycles. The van der Waals surface area contributed by atoms with Crippen LogP contribution in [0.5, 0.6) is 0 Å². The van der Waals surface area contributed by atoms with E-state index in [1.54, 1.807) is 19.1 Å². The van der Waals surface area contributed by atoms with Crippen LogP contribution in [0.1, 0.15) is 16.7 Å². The van der Waals surface area contributed by atoms with Crippen LogP contribution >= 0.6 is 0 Å². The van der Waals surface area contributed by atoms with Crippen LogP contribution in [0.3, 0.4) is 0 Å². The first kappa shape index (κ1) is 9.20. The third kappa shape index (κ3) is 1.83. The topological polar surface area (TPSA) is 20.2 Å². The van der Waals surface area contributed by atoms with Crippen molar-refractivity contribution >= 4 is 0 Å². The second-order valence-corrected chi connectivity index (χ2v) is 3.03. The van der Waals surface area contributed by atoms with E-state index < -0.39 is 0 Å². The summed E-state index contributed by atoms with van der Waals surface area (Å²) in [7, 11) is 0.